The number of pyridine rings is 1. The Labute approximate surface area is 107 Å². The van der Waals surface area contributed by atoms with Crippen LogP contribution in [-0.4, -0.2) is 39.8 Å². The molecule has 1 aliphatic heterocycles. The normalized spacial score (nSPS) is 19.4. The second-order valence-electron chi connectivity index (χ2n) is 5.56. The van der Waals surface area contributed by atoms with Crippen LogP contribution in [0.4, 0.5) is 5.82 Å². The van der Waals surface area contributed by atoms with Gasteiger partial charge in [0.15, 0.2) is 5.65 Å². The van der Waals surface area contributed by atoms with Crippen molar-refractivity contribution < 1.29 is 0 Å². The zero-order valence-corrected chi connectivity index (χ0v) is 11.1. The molecule has 0 radical (unpaired) electrons. The summed E-state index contributed by atoms with van der Waals surface area (Å²) in [5, 5.41) is 7.79. The lowest BCUT2D eigenvalue weighted by Gasteiger charge is -2.44. The minimum atomic E-state index is 0.0882. The highest BCUT2D eigenvalue weighted by molar-refractivity contribution is 5.54. The zero-order chi connectivity index (χ0) is 12.8. The van der Waals surface area contributed by atoms with Crippen molar-refractivity contribution in [2.24, 2.45) is 0 Å². The summed E-state index contributed by atoms with van der Waals surface area (Å²) in [5.41, 5.74) is 2.23. The van der Waals surface area contributed by atoms with Gasteiger partial charge < -0.3 is 10.2 Å². The number of anilines is 1. The summed E-state index contributed by atoms with van der Waals surface area (Å²) in [7, 11) is 0. The van der Waals surface area contributed by atoms with Crippen LogP contribution in [0, 0.1) is 6.92 Å². The average molecular weight is 245 g/mol. The van der Waals surface area contributed by atoms with Gasteiger partial charge in [-0.3, -0.25) is 0 Å². The topological polar surface area (TPSA) is 45.5 Å². The molecule has 0 atom stereocenters. The number of aromatic nitrogens is 3. The highest BCUT2D eigenvalue weighted by Gasteiger charge is 2.31. The Bertz CT molecular complexity index is 572. The molecule has 2 aromatic rings. The lowest BCUT2D eigenvalue weighted by molar-refractivity contribution is 0.376. The SMILES string of the molecule is Cc1cc(N2CCNCC2(C)C)n2ncnc2c1. The van der Waals surface area contributed by atoms with Crippen molar-refractivity contribution in [3.8, 4) is 0 Å². The van der Waals surface area contributed by atoms with E-state index in [0.717, 1.165) is 31.1 Å². The summed E-state index contributed by atoms with van der Waals surface area (Å²) in [6, 6.07) is 4.25. The van der Waals surface area contributed by atoms with Crippen molar-refractivity contribution in [3.05, 3.63) is 24.0 Å². The van der Waals surface area contributed by atoms with E-state index in [4.69, 9.17) is 0 Å². The number of fused-ring (bicyclic) bond motifs is 1. The molecule has 0 spiro atoms. The summed E-state index contributed by atoms with van der Waals surface area (Å²) in [5.74, 6) is 1.13. The molecule has 18 heavy (non-hydrogen) atoms. The van der Waals surface area contributed by atoms with Crippen LogP contribution in [0.25, 0.3) is 5.65 Å². The first-order valence-corrected chi connectivity index (χ1v) is 6.37. The van der Waals surface area contributed by atoms with Gasteiger partial charge in [0.1, 0.15) is 12.1 Å². The standard InChI is InChI=1S/C13H19N5/c1-10-6-11-15-9-16-18(11)12(7-10)17-5-4-14-8-13(17,2)3/h6-7,9,14H,4-5,8H2,1-3H3. The molecule has 0 aromatic carbocycles. The van der Waals surface area contributed by atoms with Crippen molar-refractivity contribution in [1.29, 1.82) is 0 Å². The second kappa shape index (κ2) is 3.95. The van der Waals surface area contributed by atoms with E-state index in [0.29, 0.717) is 0 Å². The van der Waals surface area contributed by atoms with Gasteiger partial charge in [-0.1, -0.05) is 0 Å². The molecule has 5 nitrogen and oxygen atoms in total. The van der Waals surface area contributed by atoms with Crippen LogP contribution in [0.15, 0.2) is 18.5 Å². The Balaban J connectivity index is 2.15. The molecular formula is C13H19N5. The van der Waals surface area contributed by atoms with Crippen LogP contribution < -0.4 is 10.2 Å². The summed E-state index contributed by atoms with van der Waals surface area (Å²) in [6.45, 7) is 9.60. The molecule has 0 saturated carbocycles. The van der Waals surface area contributed by atoms with Crippen molar-refractivity contribution in [3.63, 3.8) is 0 Å². The lowest BCUT2D eigenvalue weighted by atomic mass is 10.00. The predicted molar refractivity (Wildman–Crippen MR) is 72.0 cm³/mol. The van der Waals surface area contributed by atoms with Crippen LogP contribution in [0.1, 0.15) is 19.4 Å². The van der Waals surface area contributed by atoms with E-state index in [1.165, 1.54) is 5.56 Å². The number of nitrogens with zero attached hydrogens (tertiary/aromatic N) is 4. The van der Waals surface area contributed by atoms with Gasteiger partial charge in [0.25, 0.3) is 0 Å². The predicted octanol–water partition coefficient (Wildman–Crippen LogP) is 1.23. The lowest BCUT2D eigenvalue weighted by Crippen LogP contribution is -2.58. The van der Waals surface area contributed by atoms with Crippen molar-refractivity contribution in [2.45, 2.75) is 26.3 Å². The molecule has 0 amide bonds. The maximum absolute atomic E-state index is 4.34. The van der Waals surface area contributed by atoms with Crippen LogP contribution in [0.3, 0.4) is 0 Å². The van der Waals surface area contributed by atoms with Gasteiger partial charge in [-0.2, -0.15) is 9.61 Å². The van der Waals surface area contributed by atoms with E-state index in [2.05, 4.69) is 53.2 Å². The number of aryl methyl sites for hydroxylation is 1. The van der Waals surface area contributed by atoms with Gasteiger partial charge in [0.2, 0.25) is 0 Å². The third kappa shape index (κ3) is 1.75. The van der Waals surface area contributed by atoms with Gasteiger partial charge in [-0.15, -0.1) is 0 Å². The van der Waals surface area contributed by atoms with Gasteiger partial charge in [-0.05, 0) is 38.5 Å². The Morgan fingerprint density at radius 3 is 2.94 bits per heavy atom. The molecule has 2 aromatic heterocycles. The smallest absolute Gasteiger partial charge is 0.157 e. The van der Waals surface area contributed by atoms with Crippen LogP contribution in [0.2, 0.25) is 0 Å². The first kappa shape index (κ1) is 11.5. The fourth-order valence-corrected chi connectivity index (χ4v) is 2.64. The van der Waals surface area contributed by atoms with Gasteiger partial charge in [0, 0.05) is 25.2 Å². The van der Waals surface area contributed by atoms with Crippen molar-refractivity contribution in [1.82, 2.24) is 19.9 Å². The maximum atomic E-state index is 4.34. The van der Waals surface area contributed by atoms with Crippen molar-refractivity contribution >= 4 is 11.5 Å². The van der Waals surface area contributed by atoms with E-state index < -0.39 is 0 Å². The molecule has 96 valence electrons. The number of hydrogen-bond acceptors (Lipinski definition) is 4. The molecule has 0 bridgehead atoms. The molecule has 0 unspecified atom stereocenters. The Hall–Kier alpha value is -1.62. The maximum Gasteiger partial charge on any atom is 0.157 e. The van der Waals surface area contributed by atoms with Crippen LogP contribution in [0.5, 0.6) is 0 Å². The zero-order valence-electron chi connectivity index (χ0n) is 11.1. The monoisotopic (exact) mass is 245 g/mol. The van der Waals surface area contributed by atoms with Gasteiger partial charge in [0.05, 0.1) is 0 Å². The minimum Gasteiger partial charge on any atom is -0.349 e. The fourth-order valence-electron chi connectivity index (χ4n) is 2.64. The molecule has 3 rings (SSSR count). The Kier molecular flexibility index (Phi) is 2.52. The summed E-state index contributed by atoms with van der Waals surface area (Å²) >= 11 is 0. The van der Waals surface area contributed by atoms with E-state index in [-0.39, 0.29) is 5.54 Å². The molecule has 5 heteroatoms. The molecule has 1 fully saturated rings. The molecular weight excluding hydrogens is 226 g/mol. The first-order chi connectivity index (χ1) is 8.58. The number of piperazine rings is 1. The number of rotatable bonds is 1. The molecule has 1 aliphatic rings. The largest absolute Gasteiger partial charge is 0.349 e. The average Bonchev–Trinajstić information content (AvgIpc) is 2.75. The Morgan fingerprint density at radius 2 is 2.17 bits per heavy atom. The highest BCUT2D eigenvalue weighted by Crippen LogP contribution is 2.26. The van der Waals surface area contributed by atoms with E-state index in [9.17, 15) is 0 Å². The van der Waals surface area contributed by atoms with Crippen LogP contribution >= 0.6 is 0 Å². The van der Waals surface area contributed by atoms with E-state index in [1.54, 1.807) is 6.33 Å². The van der Waals surface area contributed by atoms with Crippen LogP contribution in [-0.2, 0) is 0 Å². The number of hydrogen-bond donors (Lipinski definition) is 1. The first-order valence-electron chi connectivity index (χ1n) is 6.37. The van der Waals surface area contributed by atoms with E-state index >= 15 is 0 Å². The third-order valence-corrected chi connectivity index (χ3v) is 3.58. The van der Waals surface area contributed by atoms with Crippen molar-refractivity contribution in [2.75, 3.05) is 24.5 Å². The molecule has 1 saturated heterocycles. The Morgan fingerprint density at radius 1 is 1.33 bits per heavy atom. The number of nitrogens with one attached hydrogen (secondary N) is 1. The molecule has 0 aliphatic carbocycles. The summed E-state index contributed by atoms with van der Waals surface area (Å²) in [4.78, 5) is 6.71. The minimum absolute atomic E-state index is 0.0882. The second-order valence-corrected chi connectivity index (χ2v) is 5.56. The van der Waals surface area contributed by atoms with Gasteiger partial charge in [-0.25, -0.2) is 4.98 Å². The van der Waals surface area contributed by atoms with E-state index in [1.807, 2.05) is 4.52 Å². The molecule has 3 heterocycles. The molecule has 1 N–H and O–H groups in total. The summed E-state index contributed by atoms with van der Waals surface area (Å²) in [6.07, 6.45) is 1.62. The quantitative estimate of drug-likeness (QED) is 0.820. The fraction of sp³-hybridized carbons (Fsp3) is 0.538. The third-order valence-electron chi connectivity index (χ3n) is 3.58. The highest BCUT2D eigenvalue weighted by atomic mass is 15.4. The van der Waals surface area contributed by atoms with Gasteiger partial charge >= 0.3 is 0 Å². The summed E-state index contributed by atoms with van der Waals surface area (Å²) < 4.78 is 1.93.